The molecule has 0 bridgehead atoms. The van der Waals surface area contributed by atoms with Crippen LogP contribution in [0.4, 0.5) is 0 Å². The molecule has 0 rings (SSSR count). The molecule has 336 valence electrons. The second kappa shape index (κ2) is 46.8. The first-order valence-corrected chi connectivity index (χ1v) is 25.2. The van der Waals surface area contributed by atoms with Crippen molar-refractivity contribution in [1.82, 2.24) is 0 Å². The van der Waals surface area contributed by atoms with E-state index in [2.05, 4.69) is 32.9 Å². The molecule has 6 nitrogen and oxygen atoms in total. The lowest BCUT2D eigenvalue weighted by Crippen LogP contribution is -2.30. The van der Waals surface area contributed by atoms with E-state index in [1.807, 2.05) is 0 Å². The van der Waals surface area contributed by atoms with Crippen LogP contribution in [0, 0.1) is 0 Å². The second-order valence-corrected chi connectivity index (χ2v) is 17.1. The molecule has 0 aromatic heterocycles. The summed E-state index contributed by atoms with van der Waals surface area (Å²) in [5.74, 6) is -0.863. The molecular weight excluding hydrogens is 709 g/mol. The minimum atomic E-state index is -0.766. The maximum Gasteiger partial charge on any atom is 0.306 e. The lowest BCUT2D eigenvalue weighted by molar-refractivity contribution is -0.167. The standard InChI is InChI=1S/C51H96O6/c1-4-7-10-13-16-19-22-25-26-27-30-32-35-38-41-44-50(53)56-47-48(57-51(54)45-42-39-36-33-29-24-21-18-15-12-9-6-3)46-55-49(52)43-40-37-34-31-28-23-20-17-14-11-8-5-2/h18,21,48H,4-17,19-20,22-47H2,1-3H3/b21-18-/t48-/m1/s1. The number of esters is 3. The highest BCUT2D eigenvalue weighted by molar-refractivity contribution is 5.71. The molecule has 0 heterocycles. The second-order valence-electron chi connectivity index (χ2n) is 17.1. The Balaban J connectivity index is 4.32. The number of allylic oxidation sites excluding steroid dienone is 2. The molecule has 1 atom stereocenters. The van der Waals surface area contributed by atoms with Gasteiger partial charge in [-0.15, -0.1) is 0 Å². The molecule has 0 saturated carbocycles. The van der Waals surface area contributed by atoms with Gasteiger partial charge in [-0.3, -0.25) is 14.4 Å². The van der Waals surface area contributed by atoms with Crippen LogP contribution in [0.25, 0.3) is 0 Å². The van der Waals surface area contributed by atoms with Gasteiger partial charge in [0.05, 0.1) is 0 Å². The van der Waals surface area contributed by atoms with Crippen LogP contribution in [0.3, 0.4) is 0 Å². The first-order chi connectivity index (χ1) is 28.0. The summed E-state index contributed by atoms with van der Waals surface area (Å²) >= 11 is 0. The van der Waals surface area contributed by atoms with Crippen molar-refractivity contribution in [1.29, 1.82) is 0 Å². The Morgan fingerprint density at radius 1 is 0.333 bits per heavy atom. The normalized spacial score (nSPS) is 12.0. The van der Waals surface area contributed by atoms with Crippen LogP contribution in [0.1, 0.15) is 278 Å². The molecule has 6 heteroatoms. The first-order valence-electron chi connectivity index (χ1n) is 25.2. The Morgan fingerprint density at radius 3 is 0.912 bits per heavy atom. The number of hydrogen-bond acceptors (Lipinski definition) is 6. The predicted molar refractivity (Wildman–Crippen MR) is 243 cm³/mol. The summed E-state index contributed by atoms with van der Waals surface area (Å²) in [5, 5.41) is 0. The van der Waals surface area contributed by atoms with E-state index in [0.717, 1.165) is 64.2 Å². The van der Waals surface area contributed by atoms with Crippen molar-refractivity contribution in [3.63, 3.8) is 0 Å². The Hall–Kier alpha value is -1.85. The third-order valence-electron chi connectivity index (χ3n) is 11.3. The number of rotatable bonds is 46. The van der Waals surface area contributed by atoms with Crippen LogP contribution in [-0.2, 0) is 28.6 Å². The molecular formula is C51H96O6. The average Bonchev–Trinajstić information content (AvgIpc) is 3.21. The largest absolute Gasteiger partial charge is 0.462 e. The molecule has 0 saturated heterocycles. The fourth-order valence-electron chi connectivity index (χ4n) is 7.44. The molecule has 0 unspecified atom stereocenters. The van der Waals surface area contributed by atoms with Crippen LogP contribution in [0.15, 0.2) is 12.2 Å². The van der Waals surface area contributed by atoms with Crippen molar-refractivity contribution >= 4 is 17.9 Å². The predicted octanol–water partition coefficient (Wildman–Crippen LogP) is 16.2. The summed E-state index contributed by atoms with van der Waals surface area (Å²) < 4.78 is 16.8. The van der Waals surface area contributed by atoms with Gasteiger partial charge >= 0.3 is 17.9 Å². The van der Waals surface area contributed by atoms with Gasteiger partial charge in [-0.05, 0) is 44.9 Å². The van der Waals surface area contributed by atoms with Crippen LogP contribution >= 0.6 is 0 Å². The van der Waals surface area contributed by atoms with Crippen molar-refractivity contribution in [3.05, 3.63) is 12.2 Å². The van der Waals surface area contributed by atoms with Crippen molar-refractivity contribution < 1.29 is 28.6 Å². The minimum absolute atomic E-state index is 0.0683. The highest BCUT2D eigenvalue weighted by Crippen LogP contribution is 2.16. The van der Waals surface area contributed by atoms with Gasteiger partial charge in [0.1, 0.15) is 13.2 Å². The van der Waals surface area contributed by atoms with E-state index in [-0.39, 0.29) is 31.1 Å². The Labute approximate surface area is 354 Å². The van der Waals surface area contributed by atoms with Crippen LogP contribution in [0.5, 0.6) is 0 Å². The lowest BCUT2D eigenvalue weighted by Gasteiger charge is -2.18. The highest BCUT2D eigenvalue weighted by atomic mass is 16.6. The topological polar surface area (TPSA) is 78.9 Å². The molecule has 0 spiro atoms. The highest BCUT2D eigenvalue weighted by Gasteiger charge is 2.19. The van der Waals surface area contributed by atoms with Gasteiger partial charge in [-0.1, -0.05) is 226 Å². The van der Waals surface area contributed by atoms with Gasteiger partial charge in [0, 0.05) is 19.3 Å². The number of ether oxygens (including phenoxy) is 3. The van der Waals surface area contributed by atoms with E-state index < -0.39 is 6.10 Å². The Morgan fingerprint density at radius 2 is 0.579 bits per heavy atom. The van der Waals surface area contributed by atoms with Gasteiger partial charge in [-0.2, -0.15) is 0 Å². The molecule has 0 aromatic rings. The summed E-state index contributed by atoms with van der Waals surface area (Å²) in [6, 6.07) is 0. The maximum absolute atomic E-state index is 12.7. The Kier molecular flexibility index (Phi) is 45.3. The molecule has 0 N–H and O–H groups in total. The SMILES string of the molecule is CCCCC/C=C\CCCCCCCC(=O)O[C@H](COC(=O)CCCCCCCCCCCCCC)COC(=O)CCCCCCCCCCCCCCCCC. The summed E-state index contributed by atoms with van der Waals surface area (Å²) in [5.41, 5.74) is 0. The van der Waals surface area contributed by atoms with Gasteiger partial charge in [0.15, 0.2) is 6.10 Å². The van der Waals surface area contributed by atoms with Crippen molar-refractivity contribution in [3.8, 4) is 0 Å². The van der Waals surface area contributed by atoms with Crippen LogP contribution in [0.2, 0.25) is 0 Å². The van der Waals surface area contributed by atoms with E-state index in [4.69, 9.17) is 14.2 Å². The third-order valence-corrected chi connectivity index (χ3v) is 11.3. The summed E-state index contributed by atoms with van der Waals surface area (Å²) in [7, 11) is 0. The van der Waals surface area contributed by atoms with Crippen molar-refractivity contribution in [2.75, 3.05) is 13.2 Å². The van der Waals surface area contributed by atoms with E-state index in [0.29, 0.717) is 19.3 Å². The van der Waals surface area contributed by atoms with Crippen molar-refractivity contribution in [2.24, 2.45) is 0 Å². The maximum atomic E-state index is 12.7. The average molecular weight is 805 g/mol. The van der Waals surface area contributed by atoms with E-state index in [1.165, 1.54) is 173 Å². The minimum Gasteiger partial charge on any atom is -0.462 e. The molecule has 0 aliphatic rings. The van der Waals surface area contributed by atoms with Gasteiger partial charge in [-0.25, -0.2) is 0 Å². The molecule has 0 aliphatic heterocycles. The lowest BCUT2D eigenvalue weighted by atomic mass is 10.0. The number of unbranched alkanes of at least 4 members (excludes halogenated alkanes) is 33. The fraction of sp³-hybridized carbons (Fsp3) is 0.902. The van der Waals surface area contributed by atoms with E-state index >= 15 is 0 Å². The number of carbonyl (C=O) groups is 3. The fourth-order valence-corrected chi connectivity index (χ4v) is 7.44. The first kappa shape index (κ1) is 55.2. The number of hydrogen-bond donors (Lipinski definition) is 0. The summed E-state index contributed by atoms with van der Waals surface area (Å²) in [6.45, 7) is 6.63. The molecule has 0 aliphatic carbocycles. The van der Waals surface area contributed by atoms with Crippen LogP contribution in [-0.4, -0.2) is 37.2 Å². The zero-order chi connectivity index (χ0) is 41.5. The Bertz CT molecular complexity index is 885. The van der Waals surface area contributed by atoms with Crippen molar-refractivity contribution in [2.45, 2.75) is 284 Å². The van der Waals surface area contributed by atoms with Gasteiger partial charge in [0.25, 0.3) is 0 Å². The number of carbonyl (C=O) groups excluding carboxylic acids is 3. The van der Waals surface area contributed by atoms with Crippen LogP contribution < -0.4 is 0 Å². The molecule has 0 fully saturated rings. The molecule has 0 radical (unpaired) electrons. The van der Waals surface area contributed by atoms with E-state index in [1.54, 1.807) is 0 Å². The van der Waals surface area contributed by atoms with Gasteiger partial charge in [0.2, 0.25) is 0 Å². The van der Waals surface area contributed by atoms with E-state index in [9.17, 15) is 14.4 Å². The molecule has 57 heavy (non-hydrogen) atoms. The summed E-state index contributed by atoms with van der Waals surface area (Å²) in [4.78, 5) is 37.8. The zero-order valence-electron chi connectivity index (χ0n) is 38.4. The third kappa shape index (κ3) is 45.1. The zero-order valence-corrected chi connectivity index (χ0v) is 38.4. The quantitative estimate of drug-likeness (QED) is 0.0264. The summed E-state index contributed by atoms with van der Waals surface area (Å²) in [6.07, 6.45) is 50.4. The van der Waals surface area contributed by atoms with Gasteiger partial charge < -0.3 is 14.2 Å². The monoisotopic (exact) mass is 805 g/mol. The molecule has 0 aromatic carbocycles. The molecule has 0 amide bonds. The smallest absolute Gasteiger partial charge is 0.306 e.